The summed E-state index contributed by atoms with van der Waals surface area (Å²) in [7, 11) is 0. The summed E-state index contributed by atoms with van der Waals surface area (Å²) in [6, 6.07) is 10.7. The number of pyridine rings is 1. The summed E-state index contributed by atoms with van der Waals surface area (Å²) < 4.78 is 5.61. The average molecular weight is 285 g/mol. The molecular weight excluding hydrogens is 266 g/mol. The van der Waals surface area contributed by atoms with Gasteiger partial charge in [0.15, 0.2) is 0 Å². The van der Waals surface area contributed by atoms with E-state index in [0.29, 0.717) is 5.75 Å². The van der Waals surface area contributed by atoms with Gasteiger partial charge < -0.3 is 16.2 Å². The summed E-state index contributed by atoms with van der Waals surface area (Å²) in [5.41, 5.74) is 12.4. The fourth-order valence-electron chi connectivity index (χ4n) is 1.97. The van der Waals surface area contributed by atoms with Crippen LogP contribution in [0, 0.1) is 0 Å². The molecule has 5 nitrogen and oxygen atoms in total. The lowest BCUT2D eigenvalue weighted by molar-refractivity contribution is 0.0997. The van der Waals surface area contributed by atoms with Crippen LogP contribution in [-0.4, -0.2) is 16.4 Å². The van der Waals surface area contributed by atoms with E-state index in [1.807, 2.05) is 38.1 Å². The Labute approximate surface area is 123 Å². The Morgan fingerprint density at radius 1 is 1.24 bits per heavy atom. The van der Waals surface area contributed by atoms with Crippen molar-refractivity contribution < 1.29 is 9.53 Å². The van der Waals surface area contributed by atoms with Crippen molar-refractivity contribution in [1.29, 1.82) is 0 Å². The standard InChI is InChI=1S/C16H19N3O2/c1-16(2,18)10-11-5-7-12(8-6-11)21-15-13(14(17)20)4-3-9-19-15/h3-9H,10,18H2,1-2H3,(H2,17,20). The molecule has 0 aliphatic carbocycles. The highest BCUT2D eigenvalue weighted by atomic mass is 16.5. The molecule has 0 aliphatic rings. The Morgan fingerprint density at radius 2 is 1.90 bits per heavy atom. The van der Waals surface area contributed by atoms with Crippen LogP contribution >= 0.6 is 0 Å². The number of carbonyl (C=O) groups is 1. The lowest BCUT2D eigenvalue weighted by Gasteiger charge is -2.18. The van der Waals surface area contributed by atoms with Crippen molar-refractivity contribution in [3.63, 3.8) is 0 Å². The number of rotatable bonds is 5. The molecule has 1 aromatic carbocycles. The topological polar surface area (TPSA) is 91.2 Å². The zero-order valence-corrected chi connectivity index (χ0v) is 12.2. The zero-order chi connectivity index (χ0) is 15.5. The van der Waals surface area contributed by atoms with Crippen LogP contribution in [0.25, 0.3) is 0 Å². The third kappa shape index (κ3) is 4.29. The van der Waals surface area contributed by atoms with E-state index in [1.54, 1.807) is 18.3 Å². The second kappa shape index (κ2) is 5.93. The van der Waals surface area contributed by atoms with Crippen LogP contribution in [-0.2, 0) is 6.42 Å². The van der Waals surface area contributed by atoms with Crippen LogP contribution in [0.5, 0.6) is 11.6 Å². The monoisotopic (exact) mass is 285 g/mol. The molecule has 21 heavy (non-hydrogen) atoms. The summed E-state index contributed by atoms with van der Waals surface area (Å²) >= 11 is 0. The van der Waals surface area contributed by atoms with Gasteiger partial charge in [0.1, 0.15) is 11.3 Å². The maximum absolute atomic E-state index is 11.3. The van der Waals surface area contributed by atoms with Crippen molar-refractivity contribution in [2.24, 2.45) is 11.5 Å². The normalized spacial score (nSPS) is 11.2. The van der Waals surface area contributed by atoms with E-state index in [-0.39, 0.29) is 17.0 Å². The molecular formula is C16H19N3O2. The zero-order valence-electron chi connectivity index (χ0n) is 12.2. The van der Waals surface area contributed by atoms with Crippen molar-refractivity contribution in [1.82, 2.24) is 4.98 Å². The minimum atomic E-state index is -0.570. The predicted molar refractivity (Wildman–Crippen MR) is 81.2 cm³/mol. The Kier molecular flexibility index (Phi) is 4.23. The molecule has 0 bridgehead atoms. The second-order valence-electron chi connectivity index (χ2n) is 5.63. The number of carbonyl (C=O) groups excluding carboxylic acids is 1. The van der Waals surface area contributed by atoms with Gasteiger partial charge >= 0.3 is 0 Å². The first kappa shape index (κ1) is 15.0. The van der Waals surface area contributed by atoms with E-state index >= 15 is 0 Å². The molecule has 110 valence electrons. The lowest BCUT2D eigenvalue weighted by Crippen LogP contribution is -2.34. The number of nitrogens with zero attached hydrogens (tertiary/aromatic N) is 1. The number of aromatic nitrogens is 1. The number of hydrogen-bond donors (Lipinski definition) is 2. The molecule has 0 saturated carbocycles. The summed E-state index contributed by atoms with van der Waals surface area (Å²) in [6.07, 6.45) is 2.32. The molecule has 1 amide bonds. The fraction of sp³-hybridized carbons (Fsp3) is 0.250. The number of benzene rings is 1. The number of nitrogens with two attached hydrogens (primary N) is 2. The number of ether oxygens (including phenoxy) is 1. The van der Waals surface area contributed by atoms with E-state index < -0.39 is 5.91 Å². The SMILES string of the molecule is CC(C)(N)Cc1ccc(Oc2ncccc2C(N)=O)cc1. The smallest absolute Gasteiger partial charge is 0.254 e. The van der Waals surface area contributed by atoms with Gasteiger partial charge in [0.05, 0.1) is 0 Å². The maximum atomic E-state index is 11.3. The number of hydrogen-bond acceptors (Lipinski definition) is 4. The predicted octanol–water partition coefficient (Wildman–Crippen LogP) is 2.25. The van der Waals surface area contributed by atoms with Gasteiger partial charge in [-0.3, -0.25) is 4.79 Å². The third-order valence-electron chi connectivity index (χ3n) is 2.83. The van der Waals surface area contributed by atoms with Crippen molar-refractivity contribution in [2.45, 2.75) is 25.8 Å². The van der Waals surface area contributed by atoms with Crippen LogP contribution in [0.4, 0.5) is 0 Å². The van der Waals surface area contributed by atoms with E-state index in [2.05, 4.69) is 4.98 Å². The first-order valence-electron chi connectivity index (χ1n) is 6.66. The number of amides is 1. The minimum Gasteiger partial charge on any atom is -0.438 e. The Morgan fingerprint density at radius 3 is 2.48 bits per heavy atom. The third-order valence-corrected chi connectivity index (χ3v) is 2.83. The molecule has 0 unspecified atom stereocenters. The van der Waals surface area contributed by atoms with Crippen LogP contribution < -0.4 is 16.2 Å². The Balaban J connectivity index is 2.16. The van der Waals surface area contributed by atoms with Gasteiger partial charge in [-0.2, -0.15) is 0 Å². The highest BCUT2D eigenvalue weighted by molar-refractivity contribution is 5.95. The largest absolute Gasteiger partial charge is 0.438 e. The molecule has 1 heterocycles. The molecule has 0 aliphatic heterocycles. The Hall–Kier alpha value is -2.40. The van der Waals surface area contributed by atoms with Gasteiger partial charge in [-0.15, -0.1) is 0 Å². The molecule has 0 radical (unpaired) electrons. The summed E-state index contributed by atoms with van der Waals surface area (Å²) in [5.74, 6) is 0.228. The second-order valence-corrected chi connectivity index (χ2v) is 5.63. The molecule has 0 spiro atoms. The van der Waals surface area contributed by atoms with Crippen molar-refractivity contribution in [3.05, 3.63) is 53.7 Å². The quantitative estimate of drug-likeness (QED) is 0.881. The van der Waals surface area contributed by atoms with Gasteiger partial charge in [0.25, 0.3) is 5.91 Å². The van der Waals surface area contributed by atoms with Crippen molar-refractivity contribution in [3.8, 4) is 11.6 Å². The minimum absolute atomic E-state index is 0.205. The molecule has 0 fully saturated rings. The highest BCUT2D eigenvalue weighted by Crippen LogP contribution is 2.23. The molecule has 0 atom stereocenters. The molecule has 0 saturated heterocycles. The molecule has 2 rings (SSSR count). The molecule has 5 heteroatoms. The molecule has 1 aromatic heterocycles. The van der Waals surface area contributed by atoms with E-state index in [0.717, 1.165) is 12.0 Å². The number of primary amides is 1. The van der Waals surface area contributed by atoms with Gasteiger partial charge in [-0.05, 0) is 50.1 Å². The van der Waals surface area contributed by atoms with Crippen LogP contribution in [0.15, 0.2) is 42.6 Å². The van der Waals surface area contributed by atoms with Crippen LogP contribution in [0.3, 0.4) is 0 Å². The lowest BCUT2D eigenvalue weighted by atomic mass is 9.96. The van der Waals surface area contributed by atoms with Crippen LogP contribution in [0.1, 0.15) is 29.8 Å². The van der Waals surface area contributed by atoms with Gasteiger partial charge in [-0.1, -0.05) is 12.1 Å². The van der Waals surface area contributed by atoms with E-state index in [4.69, 9.17) is 16.2 Å². The first-order valence-corrected chi connectivity index (χ1v) is 6.66. The average Bonchev–Trinajstić information content (AvgIpc) is 2.40. The first-order chi connectivity index (χ1) is 9.85. The summed E-state index contributed by atoms with van der Waals surface area (Å²) in [4.78, 5) is 15.3. The van der Waals surface area contributed by atoms with Crippen LogP contribution in [0.2, 0.25) is 0 Å². The maximum Gasteiger partial charge on any atom is 0.254 e. The summed E-state index contributed by atoms with van der Waals surface area (Å²) in [5, 5.41) is 0. The molecule has 2 aromatic rings. The van der Waals surface area contributed by atoms with Gasteiger partial charge in [0.2, 0.25) is 5.88 Å². The van der Waals surface area contributed by atoms with Gasteiger partial charge in [-0.25, -0.2) is 4.98 Å². The van der Waals surface area contributed by atoms with E-state index in [1.165, 1.54) is 0 Å². The van der Waals surface area contributed by atoms with Crippen molar-refractivity contribution in [2.75, 3.05) is 0 Å². The Bertz CT molecular complexity index is 631. The highest BCUT2D eigenvalue weighted by Gasteiger charge is 2.13. The summed E-state index contributed by atoms with van der Waals surface area (Å²) in [6.45, 7) is 3.95. The fourth-order valence-corrected chi connectivity index (χ4v) is 1.97. The molecule has 4 N–H and O–H groups in total. The van der Waals surface area contributed by atoms with E-state index in [9.17, 15) is 4.79 Å². The van der Waals surface area contributed by atoms with Gasteiger partial charge in [0, 0.05) is 11.7 Å². The van der Waals surface area contributed by atoms with Crippen molar-refractivity contribution >= 4 is 5.91 Å².